The zero-order valence-corrected chi connectivity index (χ0v) is 16.0. The summed E-state index contributed by atoms with van der Waals surface area (Å²) in [5.74, 6) is -0.0375. The number of rotatable bonds is 6. The number of benzene rings is 2. The summed E-state index contributed by atoms with van der Waals surface area (Å²) in [7, 11) is 0. The molecule has 1 aliphatic heterocycles. The molecule has 2 aromatic carbocycles. The van der Waals surface area contributed by atoms with Gasteiger partial charge in [-0.25, -0.2) is 4.39 Å². The molecule has 4 rings (SSSR count). The maximum absolute atomic E-state index is 14.1. The van der Waals surface area contributed by atoms with Crippen LogP contribution in [0.3, 0.4) is 0 Å². The summed E-state index contributed by atoms with van der Waals surface area (Å²) in [5.41, 5.74) is 2.48. The van der Waals surface area contributed by atoms with Crippen molar-refractivity contribution in [3.8, 4) is 11.5 Å². The van der Waals surface area contributed by atoms with E-state index in [1.54, 1.807) is 13.0 Å². The van der Waals surface area contributed by atoms with Gasteiger partial charge in [0, 0.05) is 17.5 Å². The molecule has 4 nitrogen and oxygen atoms in total. The van der Waals surface area contributed by atoms with Gasteiger partial charge in [-0.15, -0.1) is 0 Å². The van der Waals surface area contributed by atoms with Gasteiger partial charge in [-0.1, -0.05) is 19.1 Å². The normalized spacial score (nSPS) is 17.9. The average Bonchev–Trinajstić information content (AvgIpc) is 3.27. The van der Waals surface area contributed by atoms with Crippen LogP contribution in [0.2, 0.25) is 0 Å². The van der Waals surface area contributed by atoms with Gasteiger partial charge in [0.1, 0.15) is 29.5 Å². The first-order chi connectivity index (χ1) is 13.4. The van der Waals surface area contributed by atoms with E-state index >= 15 is 0 Å². The highest BCUT2D eigenvalue weighted by Gasteiger charge is 2.42. The topological polar surface area (TPSA) is 55.8 Å². The van der Waals surface area contributed by atoms with Crippen molar-refractivity contribution in [3.05, 3.63) is 58.9 Å². The molecule has 1 N–H and O–H groups in total. The standard InChI is InChI=1S/C23H25FO4/c1-15(22(25)26)10-16-4-6-20(7-5-16)27-14-18-12-19(24)11-17-13-23(28-21(17)18)8-2-3-9-23/h4-7,11-12,15H,2-3,8-10,13-14H2,1H3,(H,25,26). The number of carboxylic acid groups (broad SMARTS) is 1. The van der Waals surface area contributed by atoms with Crippen LogP contribution in [0.15, 0.2) is 36.4 Å². The van der Waals surface area contributed by atoms with Crippen molar-refractivity contribution < 1.29 is 23.8 Å². The molecule has 2 aliphatic rings. The van der Waals surface area contributed by atoms with Crippen molar-refractivity contribution in [1.29, 1.82) is 0 Å². The van der Waals surface area contributed by atoms with Crippen molar-refractivity contribution in [2.75, 3.05) is 0 Å². The third-order valence-corrected chi connectivity index (χ3v) is 5.83. The maximum Gasteiger partial charge on any atom is 0.306 e. The Morgan fingerprint density at radius 1 is 1.25 bits per heavy atom. The van der Waals surface area contributed by atoms with E-state index in [2.05, 4.69) is 0 Å². The molecular formula is C23H25FO4. The Bertz CT molecular complexity index is 869. The molecule has 1 heterocycles. The van der Waals surface area contributed by atoms with Gasteiger partial charge in [0.25, 0.3) is 0 Å². The Kier molecular flexibility index (Phi) is 5.00. The van der Waals surface area contributed by atoms with E-state index < -0.39 is 11.9 Å². The third kappa shape index (κ3) is 3.84. The van der Waals surface area contributed by atoms with Crippen molar-refractivity contribution >= 4 is 5.97 Å². The Balaban J connectivity index is 1.44. The van der Waals surface area contributed by atoms with E-state index in [1.807, 2.05) is 24.3 Å². The first-order valence-corrected chi connectivity index (χ1v) is 9.89. The molecule has 2 aromatic rings. The molecule has 1 unspecified atom stereocenters. The molecule has 0 bridgehead atoms. The zero-order chi connectivity index (χ0) is 19.7. The maximum atomic E-state index is 14.1. The van der Waals surface area contributed by atoms with E-state index in [9.17, 15) is 9.18 Å². The minimum atomic E-state index is -0.805. The van der Waals surface area contributed by atoms with Gasteiger partial charge in [0.05, 0.1) is 5.92 Å². The molecule has 28 heavy (non-hydrogen) atoms. The minimum absolute atomic E-state index is 0.145. The molecule has 1 spiro atoms. The summed E-state index contributed by atoms with van der Waals surface area (Å²) in [4.78, 5) is 11.0. The monoisotopic (exact) mass is 384 g/mol. The van der Waals surface area contributed by atoms with Gasteiger partial charge < -0.3 is 14.6 Å². The fraction of sp³-hybridized carbons (Fsp3) is 0.435. The highest BCUT2D eigenvalue weighted by atomic mass is 19.1. The van der Waals surface area contributed by atoms with Gasteiger partial charge in [-0.3, -0.25) is 4.79 Å². The van der Waals surface area contributed by atoms with Crippen molar-refractivity contribution in [2.24, 2.45) is 5.92 Å². The molecule has 0 radical (unpaired) electrons. The largest absolute Gasteiger partial charge is 0.489 e. The fourth-order valence-electron chi connectivity index (χ4n) is 4.30. The third-order valence-electron chi connectivity index (χ3n) is 5.83. The van der Waals surface area contributed by atoms with Crippen LogP contribution in [0.1, 0.15) is 49.3 Å². The lowest BCUT2D eigenvalue weighted by molar-refractivity contribution is -0.141. The van der Waals surface area contributed by atoms with E-state index in [0.717, 1.165) is 54.5 Å². The summed E-state index contributed by atoms with van der Waals surface area (Å²) in [6.07, 6.45) is 5.64. The summed E-state index contributed by atoms with van der Waals surface area (Å²) >= 11 is 0. The van der Waals surface area contributed by atoms with E-state index in [4.69, 9.17) is 14.6 Å². The summed E-state index contributed by atoms with van der Waals surface area (Å²) in [5, 5.41) is 9.02. The van der Waals surface area contributed by atoms with Crippen LogP contribution in [0.5, 0.6) is 11.5 Å². The molecule has 0 saturated heterocycles. The van der Waals surface area contributed by atoms with Crippen LogP contribution in [-0.4, -0.2) is 16.7 Å². The number of aliphatic carboxylic acids is 1. The highest BCUT2D eigenvalue weighted by Crippen LogP contribution is 2.46. The lowest BCUT2D eigenvalue weighted by atomic mass is 9.95. The second kappa shape index (κ2) is 7.46. The predicted octanol–water partition coefficient (Wildman–Crippen LogP) is 4.92. The van der Waals surface area contributed by atoms with E-state index in [0.29, 0.717) is 12.2 Å². The Morgan fingerprint density at radius 3 is 2.64 bits per heavy atom. The molecule has 1 fully saturated rings. The molecule has 0 amide bonds. The Hall–Kier alpha value is -2.56. The van der Waals surface area contributed by atoms with Crippen molar-refractivity contribution in [2.45, 2.75) is 57.7 Å². The number of hydrogen-bond donors (Lipinski definition) is 1. The molecule has 1 atom stereocenters. The summed E-state index contributed by atoms with van der Waals surface area (Å²) in [6.45, 7) is 1.93. The molecule has 148 valence electrons. The van der Waals surface area contributed by atoms with Gasteiger partial charge in [-0.2, -0.15) is 0 Å². The second-order valence-electron chi connectivity index (χ2n) is 8.10. The highest BCUT2D eigenvalue weighted by molar-refractivity contribution is 5.69. The average molecular weight is 384 g/mol. The van der Waals surface area contributed by atoms with Gasteiger partial charge in [0.15, 0.2) is 0 Å². The summed E-state index contributed by atoms with van der Waals surface area (Å²) < 4.78 is 26.3. The lowest BCUT2D eigenvalue weighted by Gasteiger charge is -2.23. The second-order valence-corrected chi connectivity index (χ2v) is 8.10. The van der Waals surface area contributed by atoms with Crippen LogP contribution in [-0.2, 0) is 24.2 Å². The Morgan fingerprint density at radius 2 is 1.96 bits per heavy atom. The van der Waals surface area contributed by atoms with Crippen LogP contribution in [0.4, 0.5) is 4.39 Å². The first kappa shape index (κ1) is 18.8. The smallest absolute Gasteiger partial charge is 0.306 e. The predicted molar refractivity (Wildman–Crippen MR) is 103 cm³/mol. The number of ether oxygens (including phenoxy) is 2. The SMILES string of the molecule is CC(Cc1ccc(OCc2cc(F)cc3c2OC2(CCCC2)C3)cc1)C(=O)O. The molecule has 1 saturated carbocycles. The van der Waals surface area contributed by atoms with Crippen molar-refractivity contribution in [1.82, 2.24) is 0 Å². The van der Waals surface area contributed by atoms with Crippen LogP contribution in [0.25, 0.3) is 0 Å². The fourth-order valence-corrected chi connectivity index (χ4v) is 4.30. The molecule has 5 heteroatoms. The zero-order valence-electron chi connectivity index (χ0n) is 16.0. The van der Waals surface area contributed by atoms with Gasteiger partial charge >= 0.3 is 5.97 Å². The van der Waals surface area contributed by atoms with Gasteiger partial charge in [-0.05, 0) is 61.9 Å². The number of carbonyl (C=O) groups is 1. The number of hydrogen-bond acceptors (Lipinski definition) is 3. The Labute approximate surface area is 164 Å². The van der Waals surface area contributed by atoms with E-state index in [1.165, 1.54) is 6.07 Å². The lowest BCUT2D eigenvalue weighted by Crippen LogP contribution is -2.30. The van der Waals surface area contributed by atoms with Gasteiger partial charge in [0.2, 0.25) is 0 Å². The van der Waals surface area contributed by atoms with Crippen LogP contribution >= 0.6 is 0 Å². The first-order valence-electron chi connectivity index (χ1n) is 9.89. The number of carboxylic acids is 1. The van der Waals surface area contributed by atoms with Crippen molar-refractivity contribution in [3.63, 3.8) is 0 Å². The van der Waals surface area contributed by atoms with Crippen LogP contribution < -0.4 is 9.47 Å². The molecular weight excluding hydrogens is 359 g/mol. The number of halogens is 1. The quantitative estimate of drug-likeness (QED) is 0.768. The summed E-state index contributed by atoms with van der Waals surface area (Å²) in [6, 6.07) is 10.5. The molecule has 0 aromatic heterocycles. The minimum Gasteiger partial charge on any atom is -0.489 e. The van der Waals surface area contributed by atoms with E-state index in [-0.39, 0.29) is 18.0 Å². The number of fused-ring (bicyclic) bond motifs is 1. The van der Waals surface area contributed by atoms with Crippen LogP contribution in [0, 0.1) is 11.7 Å². The molecule has 1 aliphatic carbocycles.